The second-order valence-electron chi connectivity index (χ2n) is 4.08. The van der Waals surface area contributed by atoms with E-state index in [1.165, 1.54) is 12.1 Å². The van der Waals surface area contributed by atoms with Crippen LogP contribution in [-0.2, 0) is 11.2 Å². The molecule has 0 heterocycles. The van der Waals surface area contributed by atoms with E-state index in [9.17, 15) is 4.57 Å². The summed E-state index contributed by atoms with van der Waals surface area (Å²) in [4.78, 5) is 18.2. The van der Waals surface area contributed by atoms with Crippen molar-refractivity contribution in [2.45, 2.75) is 6.61 Å². The molecule has 0 radical (unpaired) electrons. The Morgan fingerprint density at radius 2 is 1.85 bits per heavy atom. The van der Waals surface area contributed by atoms with Crippen LogP contribution in [0.1, 0.15) is 5.56 Å². The van der Waals surface area contributed by atoms with Gasteiger partial charge in [-0.1, -0.05) is 35.3 Å². The van der Waals surface area contributed by atoms with Crippen molar-refractivity contribution in [3.8, 4) is 5.75 Å². The first-order valence-electron chi connectivity index (χ1n) is 5.59. The predicted octanol–water partition coefficient (Wildman–Crippen LogP) is 3.38. The first kappa shape index (κ1) is 15.4. The number of benzene rings is 2. The smallest absolute Gasteiger partial charge is 0.356 e. The molecule has 0 amide bonds. The van der Waals surface area contributed by atoms with Gasteiger partial charge in [-0.15, -0.1) is 0 Å². The van der Waals surface area contributed by atoms with Gasteiger partial charge in [0.1, 0.15) is 12.4 Å². The van der Waals surface area contributed by atoms with Crippen molar-refractivity contribution in [3.63, 3.8) is 0 Å². The van der Waals surface area contributed by atoms with Crippen LogP contribution in [0.5, 0.6) is 5.75 Å². The molecule has 0 aliphatic carbocycles. The quantitative estimate of drug-likeness (QED) is 0.842. The summed E-state index contributed by atoms with van der Waals surface area (Å²) in [6.45, 7) is 0.148. The SMILES string of the molecule is O=P(O)(O)c1cccc(COc2ccc(Cl)cc2Cl)c1. The monoisotopic (exact) mass is 332 g/mol. The van der Waals surface area contributed by atoms with Crippen LogP contribution in [0.15, 0.2) is 42.5 Å². The van der Waals surface area contributed by atoms with E-state index in [2.05, 4.69) is 0 Å². The van der Waals surface area contributed by atoms with E-state index in [4.69, 9.17) is 37.7 Å². The van der Waals surface area contributed by atoms with Crippen molar-refractivity contribution in [1.29, 1.82) is 0 Å². The molecule has 4 nitrogen and oxygen atoms in total. The summed E-state index contributed by atoms with van der Waals surface area (Å²) in [7, 11) is -4.26. The van der Waals surface area contributed by atoms with E-state index in [0.29, 0.717) is 21.4 Å². The Morgan fingerprint density at radius 3 is 2.50 bits per heavy atom. The van der Waals surface area contributed by atoms with Crippen LogP contribution in [0.4, 0.5) is 0 Å². The highest BCUT2D eigenvalue weighted by Crippen LogP contribution is 2.33. The van der Waals surface area contributed by atoms with E-state index >= 15 is 0 Å². The molecule has 0 spiro atoms. The third kappa shape index (κ3) is 3.98. The molecule has 2 aromatic carbocycles. The lowest BCUT2D eigenvalue weighted by atomic mass is 10.2. The van der Waals surface area contributed by atoms with Gasteiger partial charge < -0.3 is 14.5 Å². The van der Waals surface area contributed by atoms with E-state index in [1.807, 2.05) is 0 Å². The van der Waals surface area contributed by atoms with Crippen LogP contribution >= 0.6 is 30.8 Å². The number of rotatable bonds is 4. The summed E-state index contributed by atoms with van der Waals surface area (Å²) in [6.07, 6.45) is 0. The number of halogens is 2. The van der Waals surface area contributed by atoms with Gasteiger partial charge in [-0.05, 0) is 35.9 Å². The second kappa shape index (κ2) is 6.17. The van der Waals surface area contributed by atoms with Gasteiger partial charge in [0, 0.05) is 5.02 Å². The maximum Gasteiger partial charge on any atom is 0.356 e. The molecule has 0 aliphatic rings. The summed E-state index contributed by atoms with van der Waals surface area (Å²) in [6, 6.07) is 10.9. The van der Waals surface area contributed by atoms with Crippen LogP contribution in [0, 0.1) is 0 Å². The fraction of sp³-hybridized carbons (Fsp3) is 0.0769. The molecule has 0 saturated heterocycles. The Bertz CT molecular complexity index is 669. The highest BCUT2D eigenvalue weighted by molar-refractivity contribution is 7.60. The zero-order chi connectivity index (χ0) is 14.8. The fourth-order valence-corrected chi connectivity index (χ4v) is 2.66. The van der Waals surface area contributed by atoms with E-state index in [1.54, 1.807) is 30.3 Å². The van der Waals surface area contributed by atoms with Crippen LogP contribution in [0.3, 0.4) is 0 Å². The third-order valence-corrected chi connectivity index (χ3v) is 4.02. The molecule has 0 atom stereocenters. The molecule has 7 heteroatoms. The third-order valence-electron chi connectivity index (χ3n) is 2.54. The maximum atomic E-state index is 11.2. The van der Waals surface area contributed by atoms with Crippen molar-refractivity contribution in [1.82, 2.24) is 0 Å². The molecule has 2 N–H and O–H groups in total. The Hall–Kier alpha value is -1.03. The van der Waals surface area contributed by atoms with Gasteiger partial charge in [0.2, 0.25) is 0 Å². The number of hydrogen-bond acceptors (Lipinski definition) is 2. The van der Waals surface area contributed by atoms with Gasteiger partial charge in [-0.2, -0.15) is 0 Å². The summed E-state index contributed by atoms with van der Waals surface area (Å²) < 4.78 is 16.7. The minimum atomic E-state index is -4.26. The summed E-state index contributed by atoms with van der Waals surface area (Å²) in [5.74, 6) is 0.456. The standard InChI is InChI=1S/C13H11Cl2O4P/c14-10-4-5-13(12(15)7-10)19-8-9-2-1-3-11(6-9)20(16,17)18/h1-7H,8H2,(H2,16,17,18). The average Bonchev–Trinajstić information content (AvgIpc) is 2.37. The highest BCUT2D eigenvalue weighted by Gasteiger charge is 2.16. The molecule has 2 rings (SSSR count). The molecule has 0 bridgehead atoms. The van der Waals surface area contributed by atoms with E-state index in [-0.39, 0.29) is 11.9 Å². The van der Waals surface area contributed by atoms with Crippen molar-refractivity contribution in [3.05, 3.63) is 58.1 Å². The molecule has 0 unspecified atom stereocenters. The molecule has 2 aromatic rings. The minimum Gasteiger partial charge on any atom is -0.487 e. The topological polar surface area (TPSA) is 66.8 Å². The summed E-state index contributed by atoms with van der Waals surface area (Å²) >= 11 is 11.7. The first-order chi connectivity index (χ1) is 9.36. The number of hydrogen-bond donors (Lipinski definition) is 2. The largest absolute Gasteiger partial charge is 0.487 e. The predicted molar refractivity (Wildman–Crippen MR) is 78.9 cm³/mol. The van der Waals surface area contributed by atoms with E-state index < -0.39 is 7.60 Å². The fourth-order valence-electron chi connectivity index (χ4n) is 1.58. The molecular formula is C13H11Cl2O4P. The molecule has 0 aromatic heterocycles. The zero-order valence-electron chi connectivity index (χ0n) is 10.2. The van der Waals surface area contributed by atoms with Gasteiger partial charge >= 0.3 is 7.60 Å². The van der Waals surface area contributed by atoms with Crippen molar-refractivity contribution >= 4 is 36.1 Å². The molecule has 20 heavy (non-hydrogen) atoms. The lowest BCUT2D eigenvalue weighted by Crippen LogP contribution is -2.06. The Morgan fingerprint density at radius 1 is 1.10 bits per heavy atom. The van der Waals surface area contributed by atoms with Crippen LogP contribution < -0.4 is 10.0 Å². The van der Waals surface area contributed by atoms with Crippen molar-refractivity contribution < 1.29 is 19.1 Å². The number of ether oxygens (including phenoxy) is 1. The first-order valence-corrected chi connectivity index (χ1v) is 7.96. The Kier molecular flexibility index (Phi) is 4.74. The summed E-state index contributed by atoms with van der Waals surface area (Å²) in [5, 5.41) is 0.843. The second-order valence-corrected chi connectivity index (χ2v) is 6.53. The summed E-state index contributed by atoms with van der Waals surface area (Å²) in [5.41, 5.74) is 0.636. The minimum absolute atomic E-state index is 0.0409. The van der Waals surface area contributed by atoms with Gasteiger partial charge in [0.05, 0.1) is 10.3 Å². The molecule has 106 valence electrons. The highest BCUT2D eigenvalue weighted by atomic mass is 35.5. The molecular weight excluding hydrogens is 322 g/mol. The normalized spacial score (nSPS) is 11.4. The molecule has 0 saturated carbocycles. The van der Waals surface area contributed by atoms with Gasteiger partial charge in [0.15, 0.2) is 0 Å². The molecule has 0 aliphatic heterocycles. The van der Waals surface area contributed by atoms with Crippen LogP contribution in [-0.4, -0.2) is 9.79 Å². The van der Waals surface area contributed by atoms with Gasteiger partial charge in [-0.25, -0.2) is 0 Å². The van der Waals surface area contributed by atoms with Gasteiger partial charge in [0.25, 0.3) is 0 Å². The zero-order valence-corrected chi connectivity index (χ0v) is 12.6. The molecule has 0 fully saturated rings. The van der Waals surface area contributed by atoms with E-state index in [0.717, 1.165) is 0 Å². The van der Waals surface area contributed by atoms with Crippen molar-refractivity contribution in [2.24, 2.45) is 0 Å². The van der Waals surface area contributed by atoms with Crippen LogP contribution in [0.25, 0.3) is 0 Å². The maximum absolute atomic E-state index is 11.2. The van der Waals surface area contributed by atoms with Crippen molar-refractivity contribution in [2.75, 3.05) is 0 Å². The lowest BCUT2D eigenvalue weighted by molar-refractivity contribution is 0.306. The van der Waals surface area contributed by atoms with Gasteiger partial charge in [-0.3, -0.25) is 4.57 Å². The van der Waals surface area contributed by atoms with Crippen LogP contribution in [0.2, 0.25) is 10.0 Å². The Labute approximate surface area is 126 Å². The Balaban J connectivity index is 2.13. The lowest BCUT2D eigenvalue weighted by Gasteiger charge is -2.10. The average molecular weight is 333 g/mol.